The van der Waals surface area contributed by atoms with Crippen molar-refractivity contribution in [3.63, 3.8) is 0 Å². The van der Waals surface area contributed by atoms with Gasteiger partial charge in [-0.2, -0.15) is 0 Å². The molecule has 2 aliphatic carbocycles. The van der Waals surface area contributed by atoms with Crippen LogP contribution in [-0.4, -0.2) is 30.4 Å². The molecule has 0 aromatic rings. The number of carbonyl (C=O) groups excluding carboxylic acids is 1. The Kier molecular flexibility index (Phi) is 4.62. The zero-order chi connectivity index (χ0) is 10.9. The van der Waals surface area contributed by atoms with Crippen LogP contribution in [0.3, 0.4) is 0 Å². The van der Waals surface area contributed by atoms with Crippen LogP contribution in [0.25, 0.3) is 0 Å². The summed E-state index contributed by atoms with van der Waals surface area (Å²) >= 11 is 0. The van der Waals surface area contributed by atoms with Gasteiger partial charge < -0.3 is 10.6 Å². The van der Waals surface area contributed by atoms with E-state index in [1.165, 1.54) is 32.1 Å². The molecule has 3 nitrogen and oxygen atoms in total. The molecule has 2 rings (SSSR count). The van der Waals surface area contributed by atoms with E-state index in [9.17, 15) is 4.79 Å². The summed E-state index contributed by atoms with van der Waals surface area (Å²) in [6.45, 7) is 0.531. The molecule has 0 aromatic carbocycles. The van der Waals surface area contributed by atoms with Gasteiger partial charge in [-0.1, -0.05) is 12.8 Å². The highest BCUT2D eigenvalue weighted by Crippen LogP contribution is 2.40. The maximum atomic E-state index is 12.4. The highest BCUT2D eigenvalue weighted by molar-refractivity contribution is 5.85. The van der Waals surface area contributed by atoms with Crippen molar-refractivity contribution < 1.29 is 4.79 Å². The monoisotopic (exact) mass is 246 g/mol. The maximum absolute atomic E-state index is 12.4. The topological polar surface area (TPSA) is 46.3 Å². The van der Waals surface area contributed by atoms with E-state index < -0.39 is 0 Å². The fraction of sp³-hybridized carbons (Fsp3) is 0.917. The minimum atomic E-state index is -0.204. The molecule has 0 radical (unpaired) electrons. The second-order valence-electron chi connectivity index (χ2n) is 5.19. The summed E-state index contributed by atoms with van der Waals surface area (Å²) in [5.74, 6) is 0.312. The Morgan fingerprint density at radius 3 is 2.25 bits per heavy atom. The molecule has 0 heterocycles. The van der Waals surface area contributed by atoms with Gasteiger partial charge in [-0.15, -0.1) is 12.4 Å². The van der Waals surface area contributed by atoms with Gasteiger partial charge >= 0.3 is 0 Å². The number of rotatable bonds is 3. The predicted octanol–water partition coefficient (Wildman–Crippen LogP) is 1.94. The first-order valence-electron chi connectivity index (χ1n) is 6.17. The minimum Gasteiger partial charge on any atom is -0.342 e. The summed E-state index contributed by atoms with van der Waals surface area (Å²) in [5, 5.41) is 0. The standard InChI is InChI=1S/C12H22N2O.ClH/c1-14(10-5-4-6-10)11(15)12(9-13)7-2-3-8-12;/h10H,2-9,13H2,1H3;1H. The van der Waals surface area contributed by atoms with Crippen LogP contribution in [-0.2, 0) is 4.79 Å². The molecule has 2 N–H and O–H groups in total. The first-order valence-corrected chi connectivity index (χ1v) is 6.17. The molecule has 0 unspecified atom stereocenters. The van der Waals surface area contributed by atoms with E-state index in [0.29, 0.717) is 18.5 Å². The van der Waals surface area contributed by atoms with E-state index in [0.717, 1.165) is 12.8 Å². The summed E-state index contributed by atoms with van der Waals surface area (Å²) < 4.78 is 0. The number of carbonyl (C=O) groups is 1. The third-order valence-electron chi connectivity index (χ3n) is 4.35. The molecule has 1 amide bonds. The zero-order valence-corrected chi connectivity index (χ0v) is 10.9. The second-order valence-corrected chi connectivity index (χ2v) is 5.19. The number of nitrogens with zero attached hydrogens (tertiary/aromatic N) is 1. The van der Waals surface area contributed by atoms with Crippen molar-refractivity contribution in [3.8, 4) is 0 Å². The largest absolute Gasteiger partial charge is 0.342 e. The number of amides is 1. The fourth-order valence-corrected chi connectivity index (χ4v) is 2.87. The van der Waals surface area contributed by atoms with Crippen molar-refractivity contribution in [2.75, 3.05) is 13.6 Å². The van der Waals surface area contributed by atoms with Crippen LogP contribution in [0.5, 0.6) is 0 Å². The number of nitrogens with two attached hydrogens (primary N) is 1. The van der Waals surface area contributed by atoms with Gasteiger partial charge in [0.25, 0.3) is 0 Å². The third-order valence-corrected chi connectivity index (χ3v) is 4.35. The molecular weight excluding hydrogens is 224 g/mol. The lowest BCUT2D eigenvalue weighted by molar-refractivity contribution is -0.143. The normalized spacial score (nSPS) is 23.4. The first-order chi connectivity index (χ1) is 7.19. The second kappa shape index (κ2) is 5.37. The molecule has 0 saturated heterocycles. The van der Waals surface area contributed by atoms with Crippen LogP contribution in [0.2, 0.25) is 0 Å². The SMILES string of the molecule is CN(C(=O)C1(CN)CCCC1)C1CCC1.Cl. The molecule has 4 heteroatoms. The van der Waals surface area contributed by atoms with Crippen LogP contribution < -0.4 is 5.73 Å². The van der Waals surface area contributed by atoms with E-state index in [-0.39, 0.29) is 17.8 Å². The number of hydrogen-bond acceptors (Lipinski definition) is 2. The molecule has 0 atom stereocenters. The molecular formula is C12H23ClN2O. The molecule has 0 aromatic heterocycles. The third kappa shape index (κ3) is 2.21. The number of hydrogen-bond donors (Lipinski definition) is 1. The van der Waals surface area contributed by atoms with Gasteiger partial charge in [0, 0.05) is 19.6 Å². The van der Waals surface area contributed by atoms with E-state index >= 15 is 0 Å². The Balaban J connectivity index is 0.00000128. The molecule has 16 heavy (non-hydrogen) atoms. The van der Waals surface area contributed by atoms with Crippen molar-refractivity contribution >= 4 is 18.3 Å². The Morgan fingerprint density at radius 1 is 1.31 bits per heavy atom. The average molecular weight is 247 g/mol. The van der Waals surface area contributed by atoms with E-state index in [4.69, 9.17) is 5.73 Å². The molecule has 2 aliphatic rings. The Bertz CT molecular complexity index is 247. The van der Waals surface area contributed by atoms with E-state index in [1.54, 1.807) is 0 Å². The molecule has 0 aliphatic heterocycles. The van der Waals surface area contributed by atoms with Gasteiger partial charge in [-0.05, 0) is 32.1 Å². The smallest absolute Gasteiger partial charge is 0.230 e. The minimum absolute atomic E-state index is 0. The van der Waals surface area contributed by atoms with Crippen molar-refractivity contribution in [3.05, 3.63) is 0 Å². The Labute approximate surface area is 104 Å². The lowest BCUT2D eigenvalue weighted by Gasteiger charge is -2.40. The van der Waals surface area contributed by atoms with E-state index in [2.05, 4.69) is 0 Å². The zero-order valence-electron chi connectivity index (χ0n) is 10.1. The number of halogens is 1. The van der Waals surface area contributed by atoms with Gasteiger partial charge in [-0.25, -0.2) is 0 Å². The van der Waals surface area contributed by atoms with Gasteiger partial charge in [0.2, 0.25) is 5.91 Å². The molecule has 94 valence electrons. The summed E-state index contributed by atoms with van der Waals surface area (Å²) in [4.78, 5) is 14.4. The summed E-state index contributed by atoms with van der Waals surface area (Å²) in [6.07, 6.45) is 7.98. The molecule has 2 saturated carbocycles. The van der Waals surface area contributed by atoms with Crippen molar-refractivity contribution in [2.24, 2.45) is 11.1 Å². The van der Waals surface area contributed by atoms with Crippen LogP contribution in [0.4, 0.5) is 0 Å². The van der Waals surface area contributed by atoms with Crippen molar-refractivity contribution in [2.45, 2.75) is 51.0 Å². The summed E-state index contributed by atoms with van der Waals surface area (Å²) in [6, 6.07) is 0.501. The summed E-state index contributed by atoms with van der Waals surface area (Å²) in [7, 11) is 1.96. The molecule has 0 spiro atoms. The first kappa shape index (κ1) is 13.8. The van der Waals surface area contributed by atoms with Crippen LogP contribution in [0.1, 0.15) is 44.9 Å². The molecule has 2 fully saturated rings. The van der Waals surface area contributed by atoms with Crippen LogP contribution in [0.15, 0.2) is 0 Å². The Morgan fingerprint density at radius 2 is 1.88 bits per heavy atom. The molecule has 0 bridgehead atoms. The van der Waals surface area contributed by atoms with Crippen LogP contribution >= 0.6 is 12.4 Å². The highest BCUT2D eigenvalue weighted by atomic mass is 35.5. The Hall–Kier alpha value is -0.280. The average Bonchev–Trinajstić information content (AvgIpc) is 2.63. The van der Waals surface area contributed by atoms with Gasteiger partial charge in [0.15, 0.2) is 0 Å². The van der Waals surface area contributed by atoms with Crippen LogP contribution in [0, 0.1) is 5.41 Å². The predicted molar refractivity (Wildman–Crippen MR) is 67.6 cm³/mol. The lowest BCUT2D eigenvalue weighted by Crippen LogP contribution is -2.50. The lowest BCUT2D eigenvalue weighted by atomic mass is 9.82. The fourth-order valence-electron chi connectivity index (χ4n) is 2.87. The van der Waals surface area contributed by atoms with Crippen molar-refractivity contribution in [1.29, 1.82) is 0 Å². The maximum Gasteiger partial charge on any atom is 0.230 e. The quantitative estimate of drug-likeness (QED) is 0.827. The van der Waals surface area contributed by atoms with E-state index in [1.807, 2.05) is 11.9 Å². The van der Waals surface area contributed by atoms with Gasteiger partial charge in [0.05, 0.1) is 5.41 Å². The highest BCUT2D eigenvalue weighted by Gasteiger charge is 2.43. The summed E-state index contributed by atoms with van der Waals surface area (Å²) in [5.41, 5.74) is 5.62. The van der Waals surface area contributed by atoms with Gasteiger partial charge in [0.1, 0.15) is 0 Å². The van der Waals surface area contributed by atoms with Crippen molar-refractivity contribution in [1.82, 2.24) is 4.90 Å². The van der Waals surface area contributed by atoms with Gasteiger partial charge in [-0.3, -0.25) is 4.79 Å².